The van der Waals surface area contributed by atoms with Crippen LogP contribution in [0.25, 0.3) is 27.8 Å². The van der Waals surface area contributed by atoms with Gasteiger partial charge in [0.2, 0.25) is 0 Å². The monoisotopic (exact) mass is 485 g/mol. The van der Waals surface area contributed by atoms with Crippen molar-refractivity contribution in [1.82, 2.24) is 4.98 Å². The molecule has 0 fully saturated rings. The summed E-state index contributed by atoms with van der Waals surface area (Å²) in [7, 11) is 0. The molecule has 5 nitrogen and oxygen atoms in total. The molecule has 0 saturated heterocycles. The van der Waals surface area contributed by atoms with E-state index in [1.807, 2.05) is 12.1 Å². The third kappa shape index (κ3) is 4.01. The molecule has 2 aromatic heterocycles. The normalized spacial score (nSPS) is 11.5. The van der Waals surface area contributed by atoms with Crippen LogP contribution in [0.3, 0.4) is 0 Å². The van der Waals surface area contributed by atoms with Crippen molar-refractivity contribution in [1.29, 1.82) is 5.26 Å². The highest BCUT2D eigenvalue weighted by Crippen LogP contribution is 2.27. The molecule has 30 heavy (non-hydrogen) atoms. The topological polar surface area (TPSA) is 78.9 Å². The Morgan fingerprint density at radius 2 is 2.07 bits per heavy atom. The number of nitrogens with one attached hydrogen (secondary N) is 1. The highest BCUT2D eigenvalue weighted by atomic mass is 79.9. The van der Waals surface area contributed by atoms with E-state index in [2.05, 4.69) is 26.2 Å². The standard InChI is InChI=1S/C21H10BrF2N3O2S/c22-13-1-4-19-11(5-13)6-15(21(28)29-19)18-10-30-20(27-18)12(8-25)9-26-17-3-2-14(23)7-16(17)24/h1-7,9-10,26H. The van der Waals surface area contributed by atoms with Gasteiger partial charge in [0, 0.05) is 27.5 Å². The molecule has 0 aliphatic carbocycles. The fourth-order valence-electron chi connectivity index (χ4n) is 2.69. The number of hydrogen-bond donors (Lipinski definition) is 1. The first-order valence-corrected chi connectivity index (χ1v) is 10.1. The SMILES string of the molecule is N#CC(=CNc1ccc(F)cc1F)c1nc(-c2cc3cc(Br)ccc3oc2=O)cs1. The zero-order chi connectivity index (χ0) is 21.3. The third-order valence-electron chi connectivity index (χ3n) is 4.13. The Morgan fingerprint density at radius 1 is 1.23 bits per heavy atom. The van der Waals surface area contributed by atoms with Crippen molar-refractivity contribution in [2.24, 2.45) is 0 Å². The van der Waals surface area contributed by atoms with E-state index in [0.29, 0.717) is 16.3 Å². The summed E-state index contributed by atoms with van der Waals surface area (Å²) in [6, 6.07) is 12.0. The number of rotatable bonds is 4. The van der Waals surface area contributed by atoms with Crippen LogP contribution < -0.4 is 10.9 Å². The summed E-state index contributed by atoms with van der Waals surface area (Å²) in [6.45, 7) is 0. The maximum Gasteiger partial charge on any atom is 0.345 e. The van der Waals surface area contributed by atoms with Crippen LogP contribution in [0, 0.1) is 23.0 Å². The van der Waals surface area contributed by atoms with Crippen LogP contribution in [0.5, 0.6) is 0 Å². The molecule has 9 heteroatoms. The van der Waals surface area contributed by atoms with Gasteiger partial charge >= 0.3 is 5.63 Å². The quantitative estimate of drug-likeness (QED) is 0.286. The van der Waals surface area contributed by atoms with Crippen molar-refractivity contribution in [2.45, 2.75) is 0 Å². The van der Waals surface area contributed by atoms with Gasteiger partial charge in [-0.2, -0.15) is 5.26 Å². The van der Waals surface area contributed by atoms with E-state index < -0.39 is 17.3 Å². The Bertz CT molecular complexity index is 1410. The molecular formula is C21H10BrF2N3O2S. The Balaban J connectivity index is 1.67. The van der Waals surface area contributed by atoms with E-state index in [0.717, 1.165) is 33.3 Å². The Morgan fingerprint density at radius 3 is 2.83 bits per heavy atom. The first-order chi connectivity index (χ1) is 14.4. The molecule has 2 aromatic carbocycles. The van der Waals surface area contributed by atoms with Gasteiger partial charge in [-0.25, -0.2) is 18.6 Å². The number of hydrogen-bond acceptors (Lipinski definition) is 6. The molecule has 0 unspecified atom stereocenters. The summed E-state index contributed by atoms with van der Waals surface area (Å²) in [4.78, 5) is 16.7. The molecule has 0 aliphatic heterocycles. The highest BCUT2D eigenvalue weighted by molar-refractivity contribution is 9.10. The van der Waals surface area contributed by atoms with Gasteiger partial charge < -0.3 is 9.73 Å². The number of benzene rings is 2. The predicted octanol–water partition coefficient (Wildman–Crippen LogP) is 5.93. The van der Waals surface area contributed by atoms with Gasteiger partial charge in [0.15, 0.2) is 0 Å². The third-order valence-corrected chi connectivity index (χ3v) is 5.50. The number of aromatic nitrogens is 1. The molecular weight excluding hydrogens is 476 g/mol. The maximum atomic E-state index is 13.8. The molecule has 4 rings (SSSR count). The number of nitrogens with zero attached hydrogens (tertiary/aromatic N) is 2. The summed E-state index contributed by atoms with van der Waals surface area (Å²) >= 11 is 4.53. The number of nitriles is 1. The Hall–Kier alpha value is -3.35. The van der Waals surface area contributed by atoms with Crippen LogP contribution in [0.2, 0.25) is 0 Å². The zero-order valence-electron chi connectivity index (χ0n) is 14.9. The number of fused-ring (bicyclic) bond motifs is 1. The van der Waals surface area contributed by atoms with Crippen molar-refractivity contribution in [3.8, 4) is 17.3 Å². The average molecular weight is 486 g/mol. The van der Waals surface area contributed by atoms with Crippen molar-refractivity contribution >= 4 is 49.5 Å². The van der Waals surface area contributed by atoms with E-state index in [-0.39, 0.29) is 16.8 Å². The van der Waals surface area contributed by atoms with E-state index in [1.54, 1.807) is 23.6 Å². The second-order valence-electron chi connectivity index (χ2n) is 6.11. The minimum Gasteiger partial charge on any atom is -0.422 e. The molecule has 148 valence electrons. The van der Waals surface area contributed by atoms with Crippen LogP contribution in [0.1, 0.15) is 5.01 Å². The largest absolute Gasteiger partial charge is 0.422 e. The Labute approximate surface area is 181 Å². The minimum absolute atomic E-state index is 0.0154. The lowest BCUT2D eigenvalue weighted by molar-refractivity contribution is 0.563. The molecule has 0 radical (unpaired) electrons. The second kappa shape index (κ2) is 8.18. The molecule has 0 amide bonds. The van der Waals surface area contributed by atoms with E-state index >= 15 is 0 Å². The van der Waals surface area contributed by atoms with Gasteiger partial charge in [-0.05, 0) is 36.4 Å². The van der Waals surface area contributed by atoms with Gasteiger partial charge in [-0.3, -0.25) is 0 Å². The van der Waals surface area contributed by atoms with Crippen molar-refractivity contribution in [3.63, 3.8) is 0 Å². The van der Waals surface area contributed by atoms with Gasteiger partial charge in [0.1, 0.15) is 33.9 Å². The lowest BCUT2D eigenvalue weighted by atomic mass is 10.1. The summed E-state index contributed by atoms with van der Waals surface area (Å²) < 4.78 is 33.0. The van der Waals surface area contributed by atoms with Crippen LogP contribution in [0.4, 0.5) is 14.5 Å². The summed E-state index contributed by atoms with van der Waals surface area (Å²) in [5.74, 6) is -1.49. The van der Waals surface area contributed by atoms with Crippen LogP contribution in [-0.4, -0.2) is 4.98 Å². The minimum atomic E-state index is -0.789. The lowest BCUT2D eigenvalue weighted by Crippen LogP contribution is -2.03. The van der Waals surface area contributed by atoms with E-state index in [9.17, 15) is 18.8 Å². The first-order valence-electron chi connectivity index (χ1n) is 8.46. The van der Waals surface area contributed by atoms with E-state index in [1.165, 1.54) is 12.3 Å². The van der Waals surface area contributed by atoms with Crippen LogP contribution in [-0.2, 0) is 0 Å². The molecule has 0 saturated carbocycles. The second-order valence-corrected chi connectivity index (χ2v) is 7.88. The van der Waals surface area contributed by atoms with Gasteiger partial charge in [0.25, 0.3) is 0 Å². The first kappa shape index (κ1) is 19.9. The Kier molecular flexibility index (Phi) is 5.44. The molecule has 4 aromatic rings. The van der Waals surface area contributed by atoms with Crippen LogP contribution >= 0.6 is 27.3 Å². The van der Waals surface area contributed by atoms with Crippen molar-refractivity contribution < 1.29 is 13.2 Å². The summed E-state index contributed by atoms with van der Waals surface area (Å²) in [5.41, 5.74) is 0.670. The molecule has 2 heterocycles. The zero-order valence-corrected chi connectivity index (χ0v) is 17.4. The fourth-order valence-corrected chi connectivity index (χ4v) is 3.86. The van der Waals surface area contributed by atoms with E-state index in [4.69, 9.17) is 4.42 Å². The fraction of sp³-hybridized carbons (Fsp3) is 0. The summed E-state index contributed by atoms with van der Waals surface area (Å²) in [6.07, 6.45) is 1.28. The van der Waals surface area contributed by atoms with Gasteiger partial charge in [0.05, 0.1) is 16.9 Å². The molecule has 0 bridgehead atoms. The number of allylic oxidation sites excluding steroid dienone is 1. The van der Waals surface area contributed by atoms with Gasteiger partial charge in [-0.1, -0.05) is 15.9 Å². The maximum absolute atomic E-state index is 13.8. The van der Waals surface area contributed by atoms with Gasteiger partial charge in [-0.15, -0.1) is 11.3 Å². The summed E-state index contributed by atoms with van der Waals surface area (Å²) in [5, 5.41) is 14.8. The molecule has 1 N–H and O–H groups in total. The average Bonchev–Trinajstić information content (AvgIpc) is 3.19. The number of halogens is 3. The predicted molar refractivity (Wildman–Crippen MR) is 115 cm³/mol. The highest BCUT2D eigenvalue weighted by Gasteiger charge is 2.14. The van der Waals surface area contributed by atoms with Crippen molar-refractivity contribution in [2.75, 3.05) is 5.32 Å². The molecule has 0 spiro atoms. The van der Waals surface area contributed by atoms with Crippen LogP contribution in [0.15, 0.2) is 67.7 Å². The molecule has 0 aliphatic rings. The van der Waals surface area contributed by atoms with Crippen molar-refractivity contribution in [3.05, 3.63) is 85.6 Å². The number of anilines is 1. The molecule has 0 atom stereocenters. The smallest absolute Gasteiger partial charge is 0.345 e. The number of thiazole rings is 1. The lowest BCUT2D eigenvalue weighted by Gasteiger charge is -2.03.